The molecule has 1 heterocycles. The molecule has 1 aromatic heterocycles. The van der Waals surface area contributed by atoms with E-state index in [-0.39, 0.29) is 0 Å². The number of aryl methyl sites for hydroxylation is 1. The standard InChI is InChI=1S/C15H17Cl2N3O/c16-13-4-2-1-3-12(13)5-6-15(21,14(17)7-8-14)11-20-18-9-10-19-20/h1-4,9-10,21H,5-8,11H2. The molecular formula is C15H17Cl2N3O. The average molecular weight is 326 g/mol. The molecule has 0 amide bonds. The monoisotopic (exact) mass is 325 g/mol. The Hall–Kier alpha value is -1.10. The number of hydrogen-bond acceptors (Lipinski definition) is 3. The number of hydrogen-bond donors (Lipinski definition) is 1. The van der Waals surface area contributed by atoms with Gasteiger partial charge in [0.1, 0.15) is 5.60 Å². The lowest BCUT2D eigenvalue weighted by Gasteiger charge is -2.32. The van der Waals surface area contributed by atoms with Crippen molar-refractivity contribution in [1.82, 2.24) is 15.0 Å². The van der Waals surface area contributed by atoms with Crippen LogP contribution >= 0.6 is 23.2 Å². The Bertz CT molecular complexity index is 613. The van der Waals surface area contributed by atoms with Gasteiger partial charge in [-0.3, -0.25) is 0 Å². The summed E-state index contributed by atoms with van der Waals surface area (Å²) in [4.78, 5) is 0.928. The second kappa shape index (κ2) is 5.59. The van der Waals surface area contributed by atoms with Gasteiger partial charge in [-0.05, 0) is 37.3 Å². The first-order valence-electron chi connectivity index (χ1n) is 7.01. The van der Waals surface area contributed by atoms with Crippen LogP contribution in [0, 0.1) is 0 Å². The minimum atomic E-state index is -1.03. The van der Waals surface area contributed by atoms with Crippen molar-refractivity contribution in [2.75, 3.05) is 0 Å². The van der Waals surface area contributed by atoms with Crippen molar-refractivity contribution < 1.29 is 5.11 Å². The van der Waals surface area contributed by atoms with E-state index in [4.69, 9.17) is 23.2 Å². The fourth-order valence-corrected chi connectivity index (χ4v) is 3.10. The Morgan fingerprint density at radius 1 is 1.24 bits per heavy atom. The van der Waals surface area contributed by atoms with Crippen LogP contribution in [0.3, 0.4) is 0 Å². The minimum absolute atomic E-state index is 0.300. The molecule has 1 unspecified atom stereocenters. The molecule has 2 aromatic rings. The molecule has 0 spiro atoms. The Labute approximate surface area is 133 Å². The highest BCUT2D eigenvalue weighted by Crippen LogP contribution is 2.53. The molecule has 0 saturated heterocycles. The lowest BCUT2D eigenvalue weighted by molar-refractivity contribution is -0.00400. The zero-order valence-corrected chi connectivity index (χ0v) is 13.1. The number of halogens is 2. The van der Waals surface area contributed by atoms with Crippen molar-refractivity contribution in [2.45, 2.75) is 42.7 Å². The number of aromatic nitrogens is 3. The van der Waals surface area contributed by atoms with Gasteiger partial charge in [-0.1, -0.05) is 29.8 Å². The highest BCUT2D eigenvalue weighted by atomic mass is 35.5. The average Bonchev–Trinajstić information content (AvgIpc) is 3.02. The van der Waals surface area contributed by atoms with E-state index < -0.39 is 10.5 Å². The highest BCUT2D eigenvalue weighted by molar-refractivity contribution is 6.31. The van der Waals surface area contributed by atoms with E-state index in [1.807, 2.05) is 24.3 Å². The Morgan fingerprint density at radius 2 is 1.90 bits per heavy atom. The van der Waals surface area contributed by atoms with Crippen molar-refractivity contribution >= 4 is 23.2 Å². The van der Waals surface area contributed by atoms with Gasteiger partial charge in [0.15, 0.2) is 0 Å². The van der Waals surface area contributed by atoms with Gasteiger partial charge in [0.2, 0.25) is 0 Å². The largest absolute Gasteiger partial charge is 0.386 e. The normalized spacial score (nSPS) is 19.2. The van der Waals surface area contributed by atoms with Crippen LogP contribution in [0.4, 0.5) is 0 Å². The number of alkyl halides is 1. The summed E-state index contributed by atoms with van der Waals surface area (Å²) in [6.45, 7) is 0.300. The molecule has 1 saturated carbocycles. The summed E-state index contributed by atoms with van der Waals surface area (Å²) < 4.78 is 0. The first-order valence-corrected chi connectivity index (χ1v) is 7.77. The summed E-state index contributed by atoms with van der Waals surface area (Å²) in [5, 5.41) is 19.9. The third-order valence-corrected chi connectivity index (χ3v) is 5.26. The molecule has 1 aromatic carbocycles. The van der Waals surface area contributed by atoms with Crippen molar-refractivity contribution in [3.05, 3.63) is 47.2 Å². The van der Waals surface area contributed by atoms with Gasteiger partial charge in [-0.2, -0.15) is 15.0 Å². The second-order valence-corrected chi connectivity index (χ2v) is 6.78. The summed E-state index contributed by atoms with van der Waals surface area (Å²) >= 11 is 12.7. The van der Waals surface area contributed by atoms with Crippen molar-refractivity contribution in [1.29, 1.82) is 0 Å². The number of benzene rings is 1. The molecule has 21 heavy (non-hydrogen) atoms. The maximum atomic E-state index is 11.1. The van der Waals surface area contributed by atoms with Gasteiger partial charge in [0, 0.05) is 5.02 Å². The van der Waals surface area contributed by atoms with Crippen LogP contribution in [0.5, 0.6) is 0 Å². The smallest absolute Gasteiger partial charge is 0.105 e. The van der Waals surface area contributed by atoms with E-state index in [0.29, 0.717) is 19.4 Å². The zero-order valence-electron chi connectivity index (χ0n) is 11.5. The minimum Gasteiger partial charge on any atom is -0.386 e. The third-order valence-electron chi connectivity index (χ3n) is 4.16. The van der Waals surface area contributed by atoms with E-state index in [2.05, 4.69) is 10.2 Å². The molecule has 1 aliphatic carbocycles. The van der Waals surface area contributed by atoms with E-state index in [1.54, 1.807) is 12.4 Å². The fraction of sp³-hybridized carbons (Fsp3) is 0.467. The predicted octanol–water partition coefficient (Wildman–Crippen LogP) is 3.07. The molecule has 1 atom stereocenters. The van der Waals surface area contributed by atoms with E-state index >= 15 is 0 Å². The van der Waals surface area contributed by atoms with E-state index in [0.717, 1.165) is 23.4 Å². The fourth-order valence-electron chi connectivity index (χ4n) is 2.62. The van der Waals surface area contributed by atoms with Gasteiger partial charge < -0.3 is 5.11 Å². The summed E-state index contributed by atoms with van der Waals surface area (Å²) in [6, 6.07) is 7.68. The molecule has 1 N–H and O–H groups in total. The van der Waals surface area contributed by atoms with E-state index in [1.165, 1.54) is 4.80 Å². The lowest BCUT2D eigenvalue weighted by atomic mass is 9.89. The molecule has 4 nitrogen and oxygen atoms in total. The maximum absolute atomic E-state index is 11.1. The summed E-state index contributed by atoms with van der Waals surface area (Å²) in [5.74, 6) is 0. The van der Waals surface area contributed by atoms with Crippen LogP contribution in [0.2, 0.25) is 5.02 Å². The quantitative estimate of drug-likeness (QED) is 0.830. The third kappa shape index (κ3) is 3.07. The molecule has 0 radical (unpaired) electrons. The van der Waals surface area contributed by atoms with Gasteiger partial charge in [-0.25, -0.2) is 0 Å². The van der Waals surface area contributed by atoms with Crippen molar-refractivity contribution in [3.63, 3.8) is 0 Å². The Morgan fingerprint density at radius 3 is 2.52 bits per heavy atom. The first-order chi connectivity index (χ1) is 10.0. The van der Waals surface area contributed by atoms with Crippen molar-refractivity contribution in [2.24, 2.45) is 0 Å². The summed E-state index contributed by atoms with van der Waals surface area (Å²) in [7, 11) is 0. The van der Waals surface area contributed by atoms with Crippen LogP contribution in [-0.2, 0) is 13.0 Å². The molecule has 0 bridgehead atoms. The molecular weight excluding hydrogens is 309 g/mol. The maximum Gasteiger partial charge on any atom is 0.105 e. The van der Waals surface area contributed by atoms with E-state index in [9.17, 15) is 5.11 Å². The number of aliphatic hydroxyl groups is 1. The van der Waals surface area contributed by atoms with Crippen LogP contribution < -0.4 is 0 Å². The van der Waals surface area contributed by atoms with Crippen LogP contribution in [0.25, 0.3) is 0 Å². The molecule has 3 rings (SSSR count). The molecule has 1 aliphatic rings. The zero-order chi connectivity index (χ0) is 14.9. The number of nitrogens with zero attached hydrogens (tertiary/aromatic N) is 3. The molecule has 6 heteroatoms. The predicted molar refractivity (Wildman–Crippen MR) is 82.6 cm³/mol. The van der Waals surface area contributed by atoms with Crippen molar-refractivity contribution in [3.8, 4) is 0 Å². The van der Waals surface area contributed by atoms with Gasteiger partial charge >= 0.3 is 0 Å². The van der Waals surface area contributed by atoms with Crippen LogP contribution in [0.1, 0.15) is 24.8 Å². The number of rotatable bonds is 6. The Balaban J connectivity index is 1.76. The molecule has 0 aliphatic heterocycles. The van der Waals surface area contributed by atoms with Crippen LogP contribution in [0.15, 0.2) is 36.7 Å². The summed E-state index contributed by atoms with van der Waals surface area (Å²) in [6.07, 6.45) is 6.03. The summed E-state index contributed by atoms with van der Waals surface area (Å²) in [5.41, 5.74) is -0.0147. The molecule has 112 valence electrons. The molecule has 1 fully saturated rings. The van der Waals surface area contributed by atoms with Gasteiger partial charge in [-0.15, -0.1) is 11.6 Å². The highest BCUT2D eigenvalue weighted by Gasteiger charge is 2.57. The first kappa shape index (κ1) is 14.8. The second-order valence-electron chi connectivity index (χ2n) is 5.65. The van der Waals surface area contributed by atoms with Gasteiger partial charge in [0.05, 0.1) is 23.8 Å². The van der Waals surface area contributed by atoms with Gasteiger partial charge in [0.25, 0.3) is 0 Å². The lowest BCUT2D eigenvalue weighted by Crippen LogP contribution is -2.46. The van der Waals surface area contributed by atoms with Crippen LogP contribution in [-0.4, -0.2) is 30.6 Å². The topological polar surface area (TPSA) is 50.9 Å². The Kier molecular flexibility index (Phi) is 3.95. The SMILES string of the molecule is OC(CCc1ccccc1Cl)(Cn1nccn1)C1(Cl)CC1.